The molecular weight excluding hydrogens is 150 g/mol. The lowest BCUT2D eigenvalue weighted by molar-refractivity contribution is -0.937. The minimum absolute atomic E-state index is 0.766. The van der Waals surface area contributed by atoms with E-state index in [0.29, 0.717) is 0 Å². The van der Waals surface area contributed by atoms with Gasteiger partial charge in [0.25, 0.3) is 0 Å². The van der Waals surface area contributed by atoms with Crippen LogP contribution in [0.4, 0.5) is 0 Å². The molecular formula is C10H22NO+. The molecule has 2 nitrogen and oxygen atoms in total. The summed E-state index contributed by atoms with van der Waals surface area (Å²) in [5.74, 6) is 0. The predicted octanol–water partition coefficient (Wildman–Crippen LogP) is 1.65. The van der Waals surface area contributed by atoms with Gasteiger partial charge in [0, 0.05) is 20.0 Å². The Morgan fingerprint density at radius 2 is 1.83 bits per heavy atom. The molecule has 0 aromatic rings. The molecule has 1 rings (SSSR count). The van der Waals surface area contributed by atoms with Crippen LogP contribution in [0.5, 0.6) is 0 Å². The molecule has 0 aromatic carbocycles. The van der Waals surface area contributed by atoms with Crippen molar-refractivity contribution in [2.75, 3.05) is 33.4 Å². The van der Waals surface area contributed by atoms with E-state index in [9.17, 15) is 0 Å². The largest absolute Gasteiger partial charge is 0.379 e. The van der Waals surface area contributed by atoms with Crippen LogP contribution in [0.25, 0.3) is 0 Å². The highest BCUT2D eigenvalue weighted by atomic mass is 16.5. The number of rotatable bonds is 4. The molecule has 0 unspecified atom stereocenters. The summed E-state index contributed by atoms with van der Waals surface area (Å²) in [6.45, 7) is 9.51. The Bertz CT molecular complexity index is 128. The summed E-state index contributed by atoms with van der Waals surface area (Å²) in [5, 5.41) is 0. The van der Waals surface area contributed by atoms with Crippen LogP contribution in [0.3, 0.4) is 0 Å². The average molecular weight is 172 g/mol. The van der Waals surface area contributed by atoms with Gasteiger partial charge in [0.05, 0.1) is 25.7 Å². The Kier molecular flexibility index (Phi) is 3.53. The predicted molar refractivity (Wildman–Crippen MR) is 51.1 cm³/mol. The van der Waals surface area contributed by atoms with E-state index in [1.54, 1.807) is 7.11 Å². The van der Waals surface area contributed by atoms with E-state index in [-0.39, 0.29) is 0 Å². The quantitative estimate of drug-likeness (QED) is 0.586. The van der Waals surface area contributed by atoms with Crippen LogP contribution in [0.1, 0.15) is 26.7 Å². The Morgan fingerprint density at radius 1 is 1.25 bits per heavy atom. The van der Waals surface area contributed by atoms with Gasteiger partial charge in [-0.25, -0.2) is 0 Å². The minimum Gasteiger partial charge on any atom is -0.379 e. The molecule has 0 atom stereocenters. The van der Waals surface area contributed by atoms with Crippen LogP contribution in [-0.2, 0) is 4.74 Å². The van der Waals surface area contributed by atoms with E-state index in [0.717, 1.165) is 12.6 Å². The molecule has 0 aliphatic carbocycles. The molecule has 1 aliphatic rings. The average Bonchev–Trinajstić information content (AvgIpc) is 2.50. The smallest absolute Gasteiger partial charge is 0.103 e. The van der Waals surface area contributed by atoms with E-state index < -0.39 is 0 Å². The van der Waals surface area contributed by atoms with Crippen molar-refractivity contribution in [2.24, 2.45) is 0 Å². The van der Waals surface area contributed by atoms with Gasteiger partial charge in [-0.05, 0) is 13.8 Å². The Balaban J connectivity index is 2.47. The molecule has 12 heavy (non-hydrogen) atoms. The first-order chi connectivity index (χ1) is 5.71. The van der Waals surface area contributed by atoms with Gasteiger partial charge in [-0.15, -0.1) is 0 Å². The first kappa shape index (κ1) is 10.0. The summed E-state index contributed by atoms with van der Waals surface area (Å²) < 4.78 is 6.45. The molecule has 1 saturated heterocycles. The number of methoxy groups -OCH3 is 1. The summed E-state index contributed by atoms with van der Waals surface area (Å²) >= 11 is 0. The van der Waals surface area contributed by atoms with Gasteiger partial charge in [0.15, 0.2) is 0 Å². The van der Waals surface area contributed by atoms with Crippen LogP contribution in [-0.4, -0.2) is 43.9 Å². The Morgan fingerprint density at radius 3 is 2.25 bits per heavy atom. The zero-order valence-corrected chi connectivity index (χ0v) is 8.68. The van der Waals surface area contributed by atoms with E-state index in [4.69, 9.17) is 4.74 Å². The summed E-state index contributed by atoms with van der Waals surface area (Å²) in [6.07, 6.45) is 2.81. The summed E-state index contributed by atoms with van der Waals surface area (Å²) in [7, 11) is 1.80. The first-order valence-electron chi connectivity index (χ1n) is 5.06. The van der Waals surface area contributed by atoms with Gasteiger partial charge in [-0.1, -0.05) is 0 Å². The fraction of sp³-hybridized carbons (Fsp3) is 1.00. The third-order valence-corrected chi connectivity index (χ3v) is 3.29. The van der Waals surface area contributed by atoms with Crippen LogP contribution >= 0.6 is 0 Å². The maximum absolute atomic E-state index is 5.16. The number of hydrogen-bond donors (Lipinski definition) is 0. The van der Waals surface area contributed by atoms with Gasteiger partial charge in [0.1, 0.15) is 6.54 Å². The second-order valence-corrected chi connectivity index (χ2v) is 4.18. The standard InChI is InChI=1S/C10H22NO/c1-10(2)11(8-9-12-3)6-4-5-7-11/h10H,4-9H2,1-3H3/q+1. The fourth-order valence-electron chi connectivity index (χ4n) is 2.24. The van der Waals surface area contributed by atoms with Crippen molar-refractivity contribution in [1.82, 2.24) is 0 Å². The minimum atomic E-state index is 0.766. The van der Waals surface area contributed by atoms with Gasteiger partial charge in [-0.3, -0.25) is 0 Å². The molecule has 72 valence electrons. The van der Waals surface area contributed by atoms with E-state index in [2.05, 4.69) is 13.8 Å². The number of ether oxygens (including phenoxy) is 1. The zero-order chi connectivity index (χ0) is 9.03. The summed E-state index contributed by atoms with van der Waals surface area (Å²) in [4.78, 5) is 0. The maximum atomic E-state index is 5.16. The normalized spacial score (nSPS) is 22.0. The maximum Gasteiger partial charge on any atom is 0.103 e. The monoisotopic (exact) mass is 172 g/mol. The molecule has 0 aromatic heterocycles. The van der Waals surface area contributed by atoms with Crippen molar-refractivity contribution < 1.29 is 9.22 Å². The second kappa shape index (κ2) is 4.24. The summed E-state index contributed by atoms with van der Waals surface area (Å²) in [6, 6.07) is 0.766. The van der Waals surface area contributed by atoms with Crippen molar-refractivity contribution in [2.45, 2.75) is 32.7 Å². The molecule has 1 aliphatic heterocycles. The molecule has 0 amide bonds. The van der Waals surface area contributed by atoms with E-state index in [1.807, 2.05) is 0 Å². The lowest BCUT2D eigenvalue weighted by Crippen LogP contribution is -2.52. The second-order valence-electron chi connectivity index (χ2n) is 4.18. The topological polar surface area (TPSA) is 9.23 Å². The summed E-state index contributed by atoms with van der Waals surface area (Å²) in [5.41, 5.74) is 0. The molecule has 1 heterocycles. The number of quaternary nitrogens is 1. The van der Waals surface area contributed by atoms with Gasteiger partial charge < -0.3 is 9.22 Å². The van der Waals surface area contributed by atoms with Crippen molar-refractivity contribution in [3.63, 3.8) is 0 Å². The van der Waals surface area contributed by atoms with Crippen molar-refractivity contribution in [3.8, 4) is 0 Å². The van der Waals surface area contributed by atoms with Crippen molar-refractivity contribution in [3.05, 3.63) is 0 Å². The molecule has 2 heteroatoms. The molecule has 0 saturated carbocycles. The van der Waals surface area contributed by atoms with Crippen LogP contribution in [0, 0.1) is 0 Å². The highest BCUT2D eigenvalue weighted by molar-refractivity contribution is 4.58. The van der Waals surface area contributed by atoms with Crippen LogP contribution in [0.2, 0.25) is 0 Å². The number of nitrogens with zero attached hydrogens (tertiary/aromatic N) is 1. The van der Waals surface area contributed by atoms with E-state index in [1.165, 1.54) is 37.0 Å². The van der Waals surface area contributed by atoms with E-state index >= 15 is 0 Å². The lowest BCUT2D eigenvalue weighted by Gasteiger charge is -2.38. The molecule has 0 bridgehead atoms. The van der Waals surface area contributed by atoms with Crippen molar-refractivity contribution in [1.29, 1.82) is 0 Å². The number of hydrogen-bond acceptors (Lipinski definition) is 1. The third-order valence-electron chi connectivity index (χ3n) is 3.29. The SMILES string of the molecule is COCC[N+]1(C(C)C)CCCC1. The van der Waals surface area contributed by atoms with Gasteiger partial charge >= 0.3 is 0 Å². The molecule has 1 fully saturated rings. The van der Waals surface area contributed by atoms with Crippen molar-refractivity contribution >= 4 is 0 Å². The molecule has 0 N–H and O–H groups in total. The highest BCUT2D eigenvalue weighted by Crippen LogP contribution is 2.22. The van der Waals surface area contributed by atoms with Gasteiger partial charge in [-0.2, -0.15) is 0 Å². The van der Waals surface area contributed by atoms with Crippen LogP contribution < -0.4 is 0 Å². The zero-order valence-electron chi connectivity index (χ0n) is 8.68. The Hall–Kier alpha value is -0.0800. The number of likely N-dealkylation sites (tertiary alicyclic amines) is 1. The highest BCUT2D eigenvalue weighted by Gasteiger charge is 2.34. The Labute approximate surface area is 76.1 Å². The lowest BCUT2D eigenvalue weighted by atomic mass is 10.2. The van der Waals surface area contributed by atoms with Gasteiger partial charge in [0.2, 0.25) is 0 Å². The fourth-order valence-corrected chi connectivity index (χ4v) is 2.24. The molecule has 0 spiro atoms. The third kappa shape index (κ3) is 1.99. The first-order valence-corrected chi connectivity index (χ1v) is 5.06. The van der Waals surface area contributed by atoms with Crippen LogP contribution in [0.15, 0.2) is 0 Å². The molecule has 0 radical (unpaired) electrons.